The Kier molecular flexibility index (Phi) is 9.09. The van der Waals surface area contributed by atoms with Crippen molar-refractivity contribution in [2.75, 3.05) is 31.4 Å². The fourth-order valence-corrected chi connectivity index (χ4v) is 6.90. The van der Waals surface area contributed by atoms with Crippen molar-refractivity contribution in [3.63, 3.8) is 0 Å². The quantitative estimate of drug-likeness (QED) is 0.322. The summed E-state index contributed by atoms with van der Waals surface area (Å²) in [4.78, 5) is 27.5. The number of benzene rings is 2. The number of nitrogens with one attached hydrogen (secondary N) is 1. The molecule has 3 aromatic rings. The van der Waals surface area contributed by atoms with Gasteiger partial charge in [0.15, 0.2) is 21.6 Å². The number of nitriles is 1. The largest absolute Gasteiger partial charge is 0.493 e. The number of anilines is 1. The van der Waals surface area contributed by atoms with Crippen LogP contribution in [0.25, 0.3) is 0 Å². The number of rotatable bonds is 10. The molecule has 2 heterocycles. The van der Waals surface area contributed by atoms with Crippen LogP contribution in [0.2, 0.25) is 0 Å². The number of amides is 1. The van der Waals surface area contributed by atoms with Gasteiger partial charge in [-0.25, -0.2) is 0 Å². The number of carbonyl (C=O) groups is 2. The van der Waals surface area contributed by atoms with E-state index in [4.69, 9.17) is 15.2 Å². The van der Waals surface area contributed by atoms with E-state index in [-0.39, 0.29) is 28.8 Å². The summed E-state index contributed by atoms with van der Waals surface area (Å²) in [6.45, 7) is 0.545. The van der Waals surface area contributed by atoms with E-state index in [0.29, 0.717) is 63.6 Å². The van der Waals surface area contributed by atoms with Crippen LogP contribution in [0.4, 0.5) is 5.13 Å². The molecule has 0 saturated carbocycles. The number of nitrogens with zero attached hydrogens (tertiary/aromatic N) is 4. The Hall–Kier alpha value is -4.34. The molecule has 3 N–H and O–H groups in total. The van der Waals surface area contributed by atoms with Gasteiger partial charge in [0.1, 0.15) is 5.82 Å². The lowest BCUT2D eigenvalue weighted by molar-refractivity contribution is -0.118. The first-order valence-corrected chi connectivity index (χ1v) is 15.2. The minimum atomic E-state index is -0.643. The molecule has 5 rings (SSSR count). The van der Waals surface area contributed by atoms with E-state index >= 15 is 0 Å². The highest BCUT2D eigenvalue weighted by atomic mass is 32.2. The Morgan fingerprint density at radius 2 is 1.95 bits per heavy atom. The summed E-state index contributed by atoms with van der Waals surface area (Å²) in [6.07, 6.45) is 2.38. The summed E-state index contributed by atoms with van der Waals surface area (Å²) in [5.74, 6) is 0.652. The number of allylic oxidation sites excluding steroid dienone is 3. The molecule has 12 heteroatoms. The predicted molar refractivity (Wildman–Crippen MR) is 161 cm³/mol. The lowest BCUT2D eigenvalue weighted by atomic mass is 9.75. The van der Waals surface area contributed by atoms with Crippen LogP contribution in [0.3, 0.4) is 0 Å². The van der Waals surface area contributed by atoms with Crippen molar-refractivity contribution in [3.05, 3.63) is 82.3 Å². The Balaban J connectivity index is 1.37. The third-order valence-electron chi connectivity index (χ3n) is 7.15. The molecule has 1 amide bonds. The molecule has 0 radical (unpaired) electrons. The van der Waals surface area contributed by atoms with Gasteiger partial charge in [0.25, 0.3) is 0 Å². The SMILES string of the molecule is COc1ccc(C2C(C#N)=C(N)N(c3nnc(SCC(=O)NCCc4ccccc4)s3)C3=C2C(=O)CCC3)cc1OC. The fourth-order valence-electron chi connectivity index (χ4n) is 5.19. The molecular weight excluding hydrogens is 573 g/mol. The van der Waals surface area contributed by atoms with Gasteiger partial charge in [-0.3, -0.25) is 14.5 Å². The number of hydrogen-bond donors (Lipinski definition) is 2. The molecule has 2 aliphatic rings. The lowest BCUT2D eigenvalue weighted by Crippen LogP contribution is -2.38. The Morgan fingerprint density at radius 1 is 1.17 bits per heavy atom. The van der Waals surface area contributed by atoms with Crippen molar-refractivity contribution < 1.29 is 19.1 Å². The van der Waals surface area contributed by atoms with Gasteiger partial charge in [0.05, 0.1) is 37.5 Å². The van der Waals surface area contributed by atoms with E-state index in [1.54, 1.807) is 24.1 Å². The fraction of sp³-hybridized carbons (Fsp3) is 0.300. The second-order valence-electron chi connectivity index (χ2n) is 9.66. The molecule has 0 saturated heterocycles. The molecule has 1 unspecified atom stereocenters. The van der Waals surface area contributed by atoms with Crippen molar-refractivity contribution in [3.8, 4) is 17.6 Å². The minimum Gasteiger partial charge on any atom is -0.493 e. The first-order chi connectivity index (χ1) is 20.4. The Morgan fingerprint density at radius 3 is 2.69 bits per heavy atom. The molecule has 1 aliphatic carbocycles. The highest BCUT2D eigenvalue weighted by Gasteiger charge is 2.41. The summed E-state index contributed by atoms with van der Waals surface area (Å²) in [5.41, 5.74) is 10.0. The second kappa shape index (κ2) is 13.1. The van der Waals surface area contributed by atoms with Crippen LogP contribution in [0.1, 0.15) is 36.3 Å². The molecule has 1 atom stereocenters. The number of aromatic nitrogens is 2. The summed E-state index contributed by atoms with van der Waals surface area (Å²) in [6, 6.07) is 17.6. The summed E-state index contributed by atoms with van der Waals surface area (Å²) < 4.78 is 11.4. The van der Waals surface area contributed by atoms with E-state index in [9.17, 15) is 14.9 Å². The van der Waals surface area contributed by atoms with Gasteiger partial charge in [-0.15, -0.1) is 10.2 Å². The smallest absolute Gasteiger partial charge is 0.230 e. The topological polar surface area (TPSA) is 143 Å². The molecule has 216 valence electrons. The van der Waals surface area contributed by atoms with Crippen molar-refractivity contribution >= 4 is 39.9 Å². The van der Waals surface area contributed by atoms with Gasteiger partial charge in [-0.2, -0.15) is 5.26 Å². The highest BCUT2D eigenvalue weighted by Crippen LogP contribution is 2.48. The van der Waals surface area contributed by atoms with Crippen LogP contribution in [-0.4, -0.2) is 48.4 Å². The maximum absolute atomic E-state index is 13.4. The van der Waals surface area contributed by atoms with Gasteiger partial charge >= 0.3 is 0 Å². The maximum Gasteiger partial charge on any atom is 0.230 e. The molecule has 1 aliphatic heterocycles. The molecule has 42 heavy (non-hydrogen) atoms. The van der Waals surface area contributed by atoms with Crippen LogP contribution in [0.15, 0.2) is 75.5 Å². The normalized spacial score (nSPS) is 16.6. The number of ether oxygens (including phenoxy) is 2. The lowest BCUT2D eigenvalue weighted by Gasteiger charge is -2.38. The molecule has 1 aromatic heterocycles. The van der Waals surface area contributed by atoms with Crippen molar-refractivity contribution in [2.45, 2.75) is 35.9 Å². The molecule has 0 fully saturated rings. The zero-order valence-corrected chi connectivity index (χ0v) is 24.9. The van der Waals surface area contributed by atoms with Crippen LogP contribution < -0.4 is 25.4 Å². The van der Waals surface area contributed by atoms with Crippen LogP contribution >= 0.6 is 23.1 Å². The minimum absolute atomic E-state index is 0.0347. The van der Waals surface area contributed by atoms with Crippen LogP contribution in [0, 0.1) is 11.3 Å². The molecular formula is C30H30N6O4S2. The Labute approximate surface area is 252 Å². The van der Waals surface area contributed by atoms with Gasteiger partial charge in [-0.05, 0) is 42.5 Å². The first-order valence-electron chi connectivity index (χ1n) is 13.4. The van der Waals surface area contributed by atoms with E-state index in [1.165, 1.54) is 30.2 Å². The van der Waals surface area contributed by atoms with E-state index < -0.39 is 5.92 Å². The average Bonchev–Trinajstić information content (AvgIpc) is 3.48. The zero-order valence-electron chi connectivity index (χ0n) is 23.3. The third-order valence-corrected chi connectivity index (χ3v) is 9.19. The number of methoxy groups -OCH3 is 2. The molecule has 0 spiro atoms. The molecule has 10 nitrogen and oxygen atoms in total. The van der Waals surface area contributed by atoms with Crippen molar-refractivity contribution in [1.29, 1.82) is 5.26 Å². The summed E-state index contributed by atoms with van der Waals surface area (Å²) >= 11 is 2.54. The first kappa shape index (κ1) is 29.2. The summed E-state index contributed by atoms with van der Waals surface area (Å²) in [5, 5.41) is 22.2. The standard InChI is InChI=1S/C30H30N6O4S2/c1-39-23-12-11-19(15-24(23)40-2)26-20(16-31)28(32)36(21-9-6-10-22(37)27(21)26)29-34-35-30(42-29)41-17-25(38)33-14-13-18-7-4-3-5-8-18/h3-5,7-8,11-12,15,26H,6,9-10,13-14,17,32H2,1-2H3,(H,33,38). The number of hydrogen-bond acceptors (Lipinski definition) is 11. The number of Topliss-reactive ketones (excluding diaryl/α,β-unsaturated/α-hetero) is 1. The Bertz CT molecular complexity index is 1590. The van der Waals surface area contributed by atoms with E-state index in [1.807, 2.05) is 36.4 Å². The summed E-state index contributed by atoms with van der Waals surface area (Å²) in [7, 11) is 3.09. The van der Waals surface area contributed by atoms with Crippen LogP contribution in [0.5, 0.6) is 11.5 Å². The van der Waals surface area contributed by atoms with Crippen molar-refractivity contribution in [2.24, 2.45) is 5.73 Å². The second-order valence-corrected chi connectivity index (χ2v) is 11.8. The number of ketones is 1. The van der Waals surface area contributed by atoms with Gasteiger partial charge in [-0.1, -0.05) is 59.5 Å². The van der Waals surface area contributed by atoms with Gasteiger partial charge in [0, 0.05) is 24.2 Å². The van der Waals surface area contributed by atoms with Gasteiger partial charge in [0.2, 0.25) is 11.0 Å². The van der Waals surface area contributed by atoms with Gasteiger partial charge < -0.3 is 20.5 Å². The molecule has 2 aromatic carbocycles. The third kappa shape index (κ3) is 5.98. The highest BCUT2D eigenvalue weighted by molar-refractivity contribution is 8.01. The predicted octanol–water partition coefficient (Wildman–Crippen LogP) is 4.31. The number of nitrogens with two attached hydrogens (primary N) is 1. The molecule has 0 bridgehead atoms. The van der Waals surface area contributed by atoms with E-state index in [0.717, 1.165) is 12.0 Å². The monoisotopic (exact) mass is 602 g/mol. The average molecular weight is 603 g/mol. The number of thioether (sulfide) groups is 1. The maximum atomic E-state index is 13.4. The van der Waals surface area contributed by atoms with Crippen molar-refractivity contribution in [1.82, 2.24) is 15.5 Å². The number of carbonyl (C=O) groups excluding carboxylic acids is 2. The van der Waals surface area contributed by atoms with Crippen LogP contribution in [-0.2, 0) is 16.0 Å². The van der Waals surface area contributed by atoms with E-state index in [2.05, 4.69) is 21.6 Å². The zero-order chi connectivity index (χ0) is 29.6.